The lowest BCUT2D eigenvalue weighted by Crippen LogP contribution is -2.33. The summed E-state index contributed by atoms with van der Waals surface area (Å²) in [7, 11) is 1.59. The molecule has 1 aromatic carbocycles. The molecule has 1 aromatic rings. The van der Waals surface area contributed by atoms with Crippen molar-refractivity contribution < 1.29 is 14.3 Å². The Morgan fingerprint density at radius 1 is 1.45 bits per heavy atom. The molecule has 0 bridgehead atoms. The maximum atomic E-state index is 12.0. The van der Waals surface area contributed by atoms with E-state index < -0.39 is 0 Å². The zero-order valence-electron chi connectivity index (χ0n) is 11.8. The van der Waals surface area contributed by atoms with E-state index in [1.54, 1.807) is 7.11 Å². The summed E-state index contributed by atoms with van der Waals surface area (Å²) in [5.41, 5.74) is 0.701. The molecule has 0 aromatic heterocycles. The van der Waals surface area contributed by atoms with Crippen LogP contribution in [0.5, 0.6) is 5.75 Å². The monoisotopic (exact) mass is 341 g/mol. The Hall–Kier alpha value is -1.07. The molecule has 0 spiro atoms. The van der Waals surface area contributed by atoms with Gasteiger partial charge in [-0.1, -0.05) is 15.9 Å². The van der Waals surface area contributed by atoms with Gasteiger partial charge in [0.2, 0.25) is 5.91 Å². The molecule has 1 aliphatic carbocycles. The zero-order chi connectivity index (χ0) is 14.5. The third kappa shape index (κ3) is 3.96. The molecule has 1 amide bonds. The predicted molar refractivity (Wildman–Crippen MR) is 82.1 cm³/mol. The lowest BCUT2D eigenvalue weighted by Gasteiger charge is -2.34. The van der Waals surface area contributed by atoms with E-state index in [9.17, 15) is 4.79 Å². The van der Waals surface area contributed by atoms with Crippen LogP contribution in [0.4, 0.5) is 5.69 Å². The van der Waals surface area contributed by atoms with Crippen molar-refractivity contribution in [1.82, 2.24) is 0 Å². The predicted octanol–water partition coefficient (Wildman–Crippen LogP) is 3.60. The van der Waals surface area contributed by atoms with Crippen LogP contribution >= 0.6 is 15.9 Å². The van der Waals surface area contributed by atoms with Crippen molar-refractivity contribution in [1.29, 1.82) is 0 Å². The summed E-state index contributed by atoms with van der Waals surface area (Å²) < 4.78 is 11.7. The number of hydrogen-bond donors (Lipinski definition) is 1. The molecule has 0 unspecified atom stereocenters. The number of ether oxygens (including phenoxy) is 2. The highest BCUT2D eigenvalue weighted by Crippen LogP contribution is 2.34. The van der Waals surface area contributed by atoms with E-state index in [1.165, 1.54) is 0 Å². The van der Waals surface area contributed by atoms with Gasteiger partial charge in [-0.2, -0.15) is 0 Å². The molecule has 1 aliphatic rings. The number of nitrogens with one attached hydrogen (secondary N) is 1. The zero-order valence-corrected chi connectivity index (χ0v) is 13.4. The molecule has 0 saturated heterocycles. The Bertz CT molecular complexity index is 472. The summed E-state index contributed by atoms with van der Waals surface area (Å²) in [4.78, 5) is 12.0. The minimum atomic E-state index is 0.0290. The first-order valence-corrected chi connectivity index (χ1v) is 7.66. The normalized spacial score (nSPS) is 21.1. The summed E-state index contributed by atoms with van der Waals surface area (Å²) in [6.45, 7) is 2.75. The Labute approximate surface area is 128 Å². The fourth-order valence-corrected chi connectivity index (χ4v) is 2.82. The van der Waals surface area contributed by atoms with Crippen LogP contribution in [0.2, 0.25) is 0 Å². The second kappa shape index (κ2) is 7.09. The first-order chi connectivity index (χ1) is 9.62. The number of methoxy groups -OCH3 is 1. The molecule has 0 radical (unpaired) electrons. The van der Waals surface area contributed by atoms with Gasteiger partial charge < -0.3 is 14.8 Å². The molecule has 110 valence electrons. The lowest BCUT2D eigenvalue weighted by atomic mass is 9.80. The quantitative estimate of drug-likeness (QED) is 0.859. The van der Waals surface area contributed by atoms with Gasteiger partial charge in [-0.25, -0.2) is 0 Å². The van der Waals surface area contributed by atoms with E-state index in [0.29, 0.717) is 29.9 Å². The van der Waals surface area contributed by atoms with Gasteiger partial charge >= 0.3 is 0 Å². The molecular formula is C15H20BrNO3. The summed E-state index contributed by atoms with van der Waals surface area (Å²) in [5, 5.41) is 2.91. The number of amides is 1. The average Bonchev–Trinajstić information content (AvgIpc) is 2.36. The summed E-state index contributed by atoms with van der Waals surface area (Å²) >= 11 is 3.39. The highest BCUT2D eigenvalue weighted by Gasteiger charge is 2.31. The van der Waals surface area contributed by atoms with Crippen LogP contribution in [-0.4, -0.2) is 25.7 Å². The van der Waals surface area contributed by atoms with Gasteiger partial charge in [0.1, 0.15) is 5.75 Å². The molecule has 0 atom stereocenters. The van der Waals surface area contributed by atoms with Gasteiger partial charge in [0, 0.05) is 17.5 Å². The van der Waals surface area contributed by atoms with Crippen LogP contribution < -0.4 is 10.1 Å². The summed E-state index contributed by atoms with van der Waals surface area (Å²) in [6, 6.07) is 5.56. The van der Waals surface area contributed by atoms with E-state index >= 15 is 0 Å². The molecule has 1 fully saturated rings. The van der Waals surface area contributed by atoms with Crippen LogP contribution in [0.25, 0.3) is 0 Å². The van der Waals surface area contributed by atoms with Crippen molar-refractivity contribution in [3.05, 3.63) is 22.7 Å². The van der Waals surface area contributed by atoms with Crippen molar-refractivity contribution in [3.63, 3.8) is 0 Å². The maximum absolute atomic E-state index is 12.0. The number of hydrogen-bond acceptors (Lipinski definition) is 3. The maximum Gasteiger partial charge on any atom is 0.224 e. The first kappa shape index (κ1) is 15.3. The second-order valence-electron chi connectivity index (χ2n) is 5.01. The number of anilines is 1. The minimum absolute atomic E-state index is 0.0290. The largest absolute Gasteiger partial charge is 0.495 e. The van der Waals surface area contributed by atoms with E-state index in [0.717, 1.165) is 23.9 Å². The first-order valence-electron chi connectivity index (χ1n) is 6.87. The van der Waals surface area contributed by atoms with Gasteiger partial charge in [-0.15, -0.1) is 0 Å². The third-order valence-electron chi connectivity index (χ3n) is 3.50. The van der Waals surface area contributed by atoms with Crippen LogP contribution in [0.3, 0.4) is 0 Å². The van der Waals surface area contributed by atoms with Crippen molar-refractivity contribution in [2.75, 3.05) is 19.0 Å². The van der Waals surface area contributed by atoms with Gasteiger partial charge in [-0.05, 0) is 43.9 Å². The van der Waals surface area contributed by atoms with E-state index in [1.807, 2.05) is 25.1 Å². The summed E-state index contributed by atoms with van der Waals surface area (Å²) in [6.07, 6.45) is 2.85. The van der Waals surface area contributed by atoms with Gasteiger partial charge in [0.25, 0.3) is 0 Å². The topological polar surface area (TPSA) is 47.6 Å². The molecule has 0 aliphatic heterocycles. The second-order valence-corrected chi connectivity index (χ2v) is 5.93. The number of rotatable bonds is 6. The van der Waals surface area contributed by atoms with Gasteiger partial charge in [0.15, 0.2) is 0 Å². The third-order valence-corrected chi connectivity index (χ3v) is 4.00. The molecule has 20 heavy (non-hydrogen) atoms. The molecule has 0 heterocycles. The van der Waals surface area contributed by atoms with Crippen molar-refractivity contribution >= 4 is 27.5 Å². The summed E-state index contributed by atoms with van der Waals surface area (Å²) in [5.74, 6) is 1.13. The Kier molecular flexibility index (Phi) is 5.43. The number of carbonyl (C=O) groups is 1. The van der Waals surface area contributed by atoms with Crippen molar-refractivity contribution in [3.8, 4) is 5.75 Å². The Morgan fingerprint density at radius 3 is 2.85 bits per heavy atom. The molecule has 1 saturated carbocycles. The van der Waals surface area contributed by atoms with E-state index in [4.69, 9.17) is 9.47 Å². The minimum Gasteiger partial charge on any atom is -0.495 e. The van der Waals surface area contributed by atoms with E-state index in [2.05, 4.69) is 21.2 Å². The van der Waals surface area contributed by atoms with Crippen LogP contribution in [0, 0.1) is 5.92 Å². The highest BCUT2D eigenvalue weighted by atomic mass is 79.9. The van der Waals surface area contributed by atoms with Crippen LogP contribution in [0.15, 0.2) is 22.7 Å². The molecule has 2 rings (SSSR count). The van der Waals surface area contributed by atoms with Crippen molar-refractivity contribution in [2.24, 2.45) is 5.92 Å². The standard InChI is InChI=1S/C15H20BrNO3/c1-3-20-12-6-10(7-12)8-15(18)17-13-9-11(16)4-5-14(13)19-2/h4-5,9-10,12H,3,6-8H2,1-2H3,(H,17,18). The number of halogens is 1. The molecule has 1 N–H and O–H groups in total. The van der Waals surface area contributed by atoms with E-state index in [-0.39, 0.29) is 5.91 Å². The van der Waals surface area contributed by atoms with Crippen LogP contribution in [0.1, 0.15) is 26.2 Å². The molecule has 4 nitrogen and oxygen atoms in total. The lowest BCUT2D eigenvalue weighted by molar-refractivity contribution is -0.119. The van der Waals surface area contributed by atoms with Crippen molar-refractivity contribution in [2.45, 2.75) is 32.3 Å². The number of benzene rings is 1. The molecule has 5 heteroatoms. The average molecular weight is 342 g/mol. The molecular weight excluding hydrogens is 322 g/mol. The highest BCUT2D eigenvalue weighted by molar-refractivity contribution is 9.10. The van der Waals surface area contributed by atoms with Crippen LogP contribution in [-0.2, 0) is 9.53 Å². The SMILES string of the molecule is CCOC1CC(CC(=O)Nc2cc(Br)ccc2OC)C1. The Balaban J connectivity index is 1.85. The smallest absolute Gasteiger partial charge is 0.224 e. The number of carbonyl (C=O) groups excluding carboxylic acids is 1. The fraction of sp³-hybridized carbons (Fsp3) is 0.533. The van der Waals surface area contributed by atoms with Gasteiger partial charge in [-0.3, -0.25) is 4.79 Å². The Morgan fingerprint density at radius 2 is 2.20 bits per heavy atom. The fourth-order valence-electron chi connectivity index (χ4n) is 2.45. The van der Waals surface area contributed by atoms with Gasteiger partial charge in [0.05, 0.1) is 18.9 Å².